The molecule has 17 heavy (non-hydrogen) atoms. The van der Waals surface area contributed by atoms with Crippen molar-refractivity contribution in [1.82, 2.24) is 0 Å². The van der Waals surface area contributed by atoms with Gasteiger partial charge < -0.3 is 0 Å². The second-order valence-electron chi connectivity index (χ2n) is 3.69. The van der Waals surface area contributed by atoms with Crippen LogP contribution in [0.25, 0.3) is 21.2 Å². The molecule has 5 nitrogen and oxygen atoms in total. The van der Waals surface area contributed by atoms with Crippen LogP contribution in [-0.4, -0.2) is 0 Å². The van der Waals surface area contributed by atoms with E-state index >= 15 is 0 Å². The fraction of sp³-hybridized carbons (Fsp3) is 0.0909. The molecule has 1 aliphatic rings. The van der Waals surface area contributed by atoms with Gasteiger partial charge in [0, 0.05) is 16.2 Å². The Morgan fingerprint density at radius 1 is 1.18 bits per heavy atom. The van der Waals surface area contributed by atoms with Crippen molar-refractivity contribution < 1.29 is 0 Å². The third-order valence-corrected chi connectivity index (χ3v) is 3.38. The average molecular weight is 288 g/mol. The first-order chi connectivity index (χ1) is 8.23. The van der Waals surface area contributed by atoms with Gasteiger partial charge in [0.1, 0.15) is 0 Å². The quantitative estimate of drug-likeness (QED) is 0.251. The van der Waals surface area contributed by atoms with Gasteiger partial charge in [0.05, 0.1) is 0 Å². The van der Waals surface area contributed by atoms with Gasteiger partial charge in [-0.3, -0.25) is 0 Å². The molecule has 0 aromatic heterocycles. The van der Waals surface area contributed by atoms with Crippen LogP contribution in [0.15, 0.2) is 51.7 Å². The lowest BCUT2D eigenvalue weighted by molar-refractivity contribution is 0.984. The Morgan fingerprint density at radius 2 is 1.82 bits per heavy atom. The number of azide groups is 1. The number of halogens is 1. The summed E-state index contributed by atoms with van der Waals surface area (Å²) >= 11 is 3.39. The number of rotatable bonds is 2. The van der Waals surface area contributed by atoms with Crippen molar-refractivity contribution in [3.05, 3.63) is 52.4 Å². The Labute approximate surface area is 105 Å². The molecule has 3 rings (SSSR count). The maximum Gasteiger partial charge on any atom is 0.269 e. The van der Waals surface area contributed by atoms with Gasteiger partial charge in [0.2, 0.25) is 0 Å². The van der Waals surface area contributed by atoms with Gasteiger partial charge >= 0.3 is 0 Å². The summed E-state index contributed by atoms with van der Waals surface area (Å²) < 4.78 is -0.722. The van der Waals surface area contributed by atoms with Crippen molar-refractivity contribution in [2.45, 2.75) is 4.57 Å². The Morgan fingerprint density at radius 3 is 2.41 bits per heavy atom. The molecular weight excluding hydrogens is 282 g/mol. The summed E-state index contributed by atoms with van der Waals surface area (Å²) in [4.78, 5) is 2.84. The van der Waals surface area contributed by atoms with Crippen LogP contribution in [0.4, 0.5) is 5.69 Å². The Bertz CT molecular complexity index is 681. The van der Waals surface area contributed by atoms with Crippen molar-refractivity contribution >= 4 is 32.4 Å². The van der Waals surface area contributed by atoms with Gasteiger partial charge in [0.15, 0.2) is 0 Å². The fourth-order valence-corrected chi connectivity index (χ4v) is 2.16. The minimum absolute atomic E-state index is 0.549. The van der Waals surface area contributed by atoms with Crippen molar-refractivity contribution in [1.29, 1.82) is 0 Å². The molecule has 2 aromatic carbocycles. The summed E-state index contributed by atoms with van der Waals surface area (Å²) in [6.45, 7) is 0. The van der Waals surface area contributed by atoms with E-state index in [1.54, 1.807) is 0 Å². The smallest absolute Gasteiger partial charge is 0.140 e. The van der Waals surface area contributed by atoms with Crippen molar-refractivity contribution in [3.63, 3.8) is 0 Å². The van der Waals surface area contributed by atoms with Crippen molar-refractivity contribution in [3.8, 4) is 0 Å². The third kappa shape index (κ3) is 1.67. The number of benzene rings is 2. The highest BCUT2D eigenvalue weighted by Crippen LogP contribution is 2.50. The number of alkyl halides is 1. The van der Waals surface area contributed by atoms with Crippen LogP contribution >= 0.6 is 15.9 Å². The van der Waals surface area contributed by atoms with E-state index in [1.807, 2.05) is 36.4 Å². The molecule has 2 aromatic rings. The molecule has 0 amide bonds. The maximum atomic E-state index is 8.58. The zero-order chi connectivity index (χ0) is 11.9. The predicted octanol–water partition coefficient (Wildman–Crippen LogP) is 4.75. The van der Waals surface area contributed by atoms with E-state index in [0.29, 0.717) is 5.69 Å². The number of hydrogen-bond acceptors (Lipinski definition) is 3. The molecule has 0 bridgehead atoms. The van der Waals surface area contributed by atoms with E-state index in [1.165, 1.54) is 0 Å². The minimum Gasteiger partial charge on any atom is -0.140 e. The molecule has 6 heteroatoms. The van der Waals surface area contributed by atoms with Gasteiger partial charge in [-0.2, -0.15) is 0 Å². The molecule has 1 aliphatic heterocycles. The lowest BCUT2D eigenvalue weighted by atomic mass is 10.0. The lowest BCUT2D eigenvalue weighted by Crippen LogP contribution is -1.97. The van der Waals surface area contributed by atoms with Crippen LogP contribution in [0.5, 0.6) is 0 Å². The van der Waals surface area contributed by atoms with Crippen LogP contribution in [-0.2, 0) is 4.57 Å². The number of nitrogens with zero attached hydrogens (tertiary/aromatic N) is 5. The largest absolute Gasteiger partial charge is 0.269 e. The van der Waals surface area contributed by atoms with Crippen LogP contribution < -0.4 is 0 Å². The first kappa shape index (κ1) is 10.3. The summed E-state index contributed by atoms with van der Waals surface area (Å²) in [5, 5.41) is 13.6. The summed E-state index contributed by atoms with van der Waals surface area (Å²) in [5.41, 5.74) is 9.91. The minimum atomic E-state index is -0.722. The van der Waals surface area contributed by atoms with E-state index in [9.17, 15) is 0 Å². The molecule has 0 N–H and O–H groups in total. The highest BCUT2D eigenvalue weighted by atomic mass is 79.9. The average Bonchev–Trinajstić information content (AvgIpc) is 3.08. The molecule has 0 aliphatic carbocycles. The first-order valence-electron chi connectivity index (χ1n) is 4.94. The van der Waals surface area contributed by atoms with E-state index in [4.69, 9.17) is 5.53 Å². The highest BCUT2D eigenvalue weighted by Gasteiger charge is 2.40. The fourth-order valence-electron chi connectivity index (χ4n) is 1.77. The number of hydrogen-bond donors (Lipinski definition) is 0. The van der Waals surface area contributed by atoms with E-state index in [2.05, 4.69) is 36.2 Å². The van der Waals surface area contributed by atoms with Crippen LogP contribution in [0.1, 0.15) is 5.56 Å². The summed E-state index contributed by atoms with van der Waals surface area (Å²) in [7, 11) is 0. The van der Waals surface area contributed by atoms with Gasteiger partial charge in [-0.1, -0.05) is 29.4 Å². The van der Waals surface area contributed by atoms with Crippen LogP contribution in [0, 0.1) is 0 Å². The van der Waals surface area contributed by atoms with Crippen LogP contribution in [0.2, 0.25) is 0 Å². The zero-order valence-corrected chi connectivity index (χ0v) is 10.2. The molecule has 0 atom stereocenters. The topological polar surface area (TPSA) is 73.5 Å². The van der Waals surface area contributed by atoms with Gasteiger partial charge in [0.25, 0.3) is 4.57 Å². The normalized spacial score (nSPS) is 15.6. The van der Waals surface area contributed by atoms with Gasteiger partial charge in [-0.05, 0) is 44.4 Å². The summed E-state index contributed by atoms with van der Waals surface area (Å²) in [6.07, 6.45) is 0. The molecule has 0 unspecified atom stereocenters. The molecule has 0 saturated carbocycles. The molecule has 0 saturated heterocycles. The first-order valence-corrected chi connectivity index (χ1v) is 5.73. The molecule has 0 radical (unpaired) electrons. The van der Waals surface area contributed by atoms with E-state index < -0.39 is 4.57 Å². The second kappa shape index (κ2) is 3.55. The van der Waals surface area contributed by atoms with E-state index in [-0.39, 0.29) is 0 Å². The van der Waals surface area contributed by atoms with Crippen LogP contribution in [0.3, 0.4) is 0 Å². The summed E-state index contributed by atoms with van der Waals surface area (Å²) in [5.74, 6) is 0. The lowest BCUT2D eigenvalue weighted by Gasteiger charge is -2.08. The number of fused-ring (bicyclic) bond motifs is 1. The monoisotopic (exact) mass is 287 g/mol. The summed E-state index contributed by atoms with van der Waals surface area (Å²) in [6, 6.07) is 11.7. The molecule has 0 fully saturated rings. The molecule has 0 spiro atoms. The Hall–Kier alpha value is -1.91. The molecular formula is C11H6BrN5. The SMILES string of the molecule is [N-]=[N+]=Nc1cc2ccccc2cc1C1(Br)N=N1. The highest BCUT2D eigenvalue weighted by molar-refractivity contribution is 9.09. The van der Waals surface area contributed by atoms with Gasteiger partial charge in [-0.15, -0.1) is 10.2 Å². The van der Waals surface area contributed by atoms with Crippen molar-refractivity contribution in [2.24, 2.45) is 15.3 Å². The Balaban J connectivity index is 2.31. The predicted molar refractivity (Wildman–Crippen MR) is 68.2 cm³/mol. The maximum absolute atomic E-state index is 8.58. The van der Waals surface area contributed by atoms with E-state index in [0.717, 1.165) is 16.3 Å². The second-order valence-corrected chi connectivity index (χ2v) is 4.80. The zero-order valence-electron chi connectivity index (χ0n) is 8.58. The molecule has 1 heterocycles. The van der Waals surface area contributed by atoms with Crippen molar-refractivity contribution in [2.75, 3.05) is 0 Å². The standard InChI is InChI=1S/C11H6BrN5/c12-11(15-16-11)9-5-7-3-1-2-4-8(7)6-10(9)14-17-13/h1-6H. The third-order valence-electron chi connectivity index (χ3n) is 2.63. The molecule has 82 valence electrons. The van der Waals surface area contributed by atoms with Gasteiger partial charge in [-0.25, -0.2) is 0 Å². The Kier molecular flexibility index (Phi) is 2.14.